The molecule has 0 bridgehead atoms. The van der Waals surface area contributed by atoms with E-state index in [9.17, 15) is 13.2 Å². The third-order valence-corrected chi connectivity index (χ3v) is 3.48. The minimum Gasteiger partial charge on any atom is -0.378 e. The summed E-state index contributed by atoms with van der Waals surface area (Å²) in [5.74, 6) is -0.293. The lowest BCUT2D eigenvalue weighted by Gasteiger charge is -2.13. The van der Waals surface area contributed by atoms with Gasteiger partial charge in [0, 0.05) is 13.2 Å². The molecule has 0 aliphatic carbocycles. The molecule has 16 heavy (non-hydrogen) atoms. The monoisotopic (exact) mass is 250 g/mol. The molecule has 6 nitrogen and oxygen atoms in total. The van der Waals surface area contributed by atoms with Gasteiger partial charge >= 0.3 is 0 Å². The highest BCUT2D eigenvalue weighted by Crippen LogP contribution is 2.20. The smallest absolute Gasteiger partial charge is 0.225 e. The van der Waals surface area contributed by atoms with Crippen molar-refractivity contribution in [3.05, 3.63) is 0 Å². The largest absolute Gasteiger partial charge is 0.378 e. The van der Waals surface area contributed by atoms with Gasteiger partial charge < -0.3 is 10.1 Å². The van der Waals surface area contributed by atoms with Crippen molar-refractivity contribution in [1.29, 1.82) is 0 Å². The molecule has 0 radical (unpaired) electrons. The van der Waals surface area contributed by atoms with E-state index < -0.39 is 10.0 Å². The zero-order valence-electron chi connectivity index (χ0n) is 9.31. The number of hydrogen-bond donors (Lipinski definition) is 2. The SMILES string of the molecule is CC1OCCC1C(=O)NCCCS(N)(=O)=O. The highest BCUT2D eigenvalue weighted by Gasteiger charge is 2.30. The summed E-state index contributed by atoms with van der Waals surface area (Å²) < 4.78 is 26.5. The first kappa shape index (κ1) is 13.4. The van der Waals surface area contributed by atoms with Crippen LogP contribution in [-0.4, -0.2) is 39.3 Å². The van der Waals surface area contributed by atoms with Gasteiger partial charge in [-0.15, -0.1) is 0 Å². The first-order chi connectivity index (χ1) is 7.40. The quantitative estimate of drug-likeness (QED) is 0.624. The molecule has 1 amide bonds. The van der Waals surface area contributed by atoms with Crippen LogP contribution in [0.25, 0.3) is 0 Å². The molecular formula is C9H18N2O4S. The molecule has 1 saturated heterocycles. The summed E-state index contributed by atoms with van der Waals surface area (Å²) in [6, 6.07) is 0. The zero-order chi connectivity index (χ0) is 12.2. The number of primary sulfonamides is 1. The van der Waals surface area contributed by atoms with Gasteiger partial charge in [0.25, 0.3) is 0 Å². The first-order valence-corrected chi connectivity index (χ1v) is 7.01. The molecule has 3 N–H and O–H groups in total. The maximum Gasteiger partial charge on any atom is 0.225 e. The lowest BCUT2D eigenvalue weighted by Crippen LogP contribution is -2.35. The van der Waals surface area contributed by atoms with Crippen LogP contribution in [0.1, 0.15) is 19.8 Å². The van der Waals surface area contributed by atoms with Gasteiger partial charge in [0.15, 0.2) is 0 Å². The molecule has 2 atom stereocenters. The summed E-state index contributed by atoms with van der Waals surface area (Å²) >= 11 is 0. The Balaban J connectivity index is 2.20. The Morgan fingerprint density at radius 3 is 2.75 bits per heavy atom. The number of rotatable bonds is 5. The van der Waals surface area contributed by atoms with Crippen molar-refractivity contribution in [3.8, 4) is 0 Å². The van der Waals surface area contributed by atoms with Crippen molar-refractivity contribution in [2.45, 2.75) is 25.9 Å². The van der Waals surface area contributed by atoms with E-state index >= 15 is 0 Å². The van der Waals surface area contributed by atoms with Gasteiger partial charge in [0.05, 0.1) is 17.8 Å². The highest BCUT2D eigenvalue weighted by molar-refractivity contribution is 7.89. The molecule has 1 rings (SSSR count). The lowest BCUT2D eigenvalue weighted by atomic mass is 10.0. The van der Waals surface area contributed by atoms with Crippen molar-refractivity contribution >= 4 is 15.9 Å². The van der Waals surface area contributed by atoms with Crippen molar-refractivity contribution in [1.82, 2.24) is 5.32 Å². The molecule has 1 aliphatic rings. The van der Waals surface area contributed by atoms with Crippen LogP contribution in [0.4, 0.5) is 0 Å². The van der Waals surface area contributed by atoms with Gasteiger partial charge in [-0.1, -0.05) is 0 Å². The maximum absolute atomic E-state index is 11.6. The van der Waals surface area contributed by atoms with Crippen LogP contribution in [-0.2, 0) is 19.6 Å². The fraction of sp³-hybridized carbons (Fsp3) is 0.889. The molecule has 0 aromatic rings. The Labute approximate surface area is 95.6 Å². The Morgan fingerprint density at radius 1 is 1.56 bits per heavy atom. The average molecular weight is 250 g/mol. The molecule has 0 aromatic heterocycles. The van der Waals surface area contributed by atoms with Crippen molar-refractivity contribution < 1.29 is 17.9 Å². The molecule has 7 heteroatoms. The summed E-state index contributed by atoms with van der Waals surface area (Å²) in [7, 11) is -3.43. The Morgan fingerprint density at radius 2 is 2.25 bits per heavy atom. The Hall–Kier alpha value is -0.660. The summed E-state index contributed by atoms with van der Waals surface area (Å²) in [5.41, 5.74) is 0. The van der Waals surface area contributed by atoms with Crippen LogP contribution in [0, 0.1) is 5.92 Å². The molecule has 2 unspecified atom stereocenters. The highest BCUT2D eigenvalue weighted by atomic mass is 32.2. The van der Waals surface area contributed by atoms with Gasteiger partial charge in [-0.25, -0.2) is 13.6 Å². The Kier molecular flexibility index (Phi) is 4.69. The van der Waals surface area contributed by atoms with Crippen LogP contribution < -0.4 is 10.5 Å². The lowest BCUT2D eigenvalue weighted by molar-refractivity contribution is -0.126. The summed E-state index contributed by atoms with van der Waals surface area (Å²) in [6.45, 7) is 2.80. The van der Waals surface area contributed by atoms with Crippen LogP contribution in [0.2, 0.25) is 0 Å². The van der Waals surface area contributed by atoms with Gasteiger partial charge in [-0.2, -0.15) is 0 Å². The number of sulfonamides is 1. The number of amides is 1. The van der Waals surface area contributed by atoms with Gasteiger partial charge in [0.2, 0.25) is 15.9 Å². The fourth-order valence-electron chi connectivity index (χ4n) is 1.69. The second-order valence-corrected chi connectivity index (χ2v) is 5.72. The van der Waals surface area contributed by atoms with E-state index in [0.29, 0.717) is 19.6 Å². The number of nitrogens with one attached hydrogen (secondary N) is 1. The molecule has 0 aromatic carbocycles. The number of carbonyl (C=O) groups is 1. The number of nitrogens with two attached hydrogens (primary N) is 1. The summed E-state index contributed by atoms with van der Waals surface area (Å²) in [4.78, 5) is 11.6. The van der Waals surface area contributed by atoms with E-state index in [4.69, 9.17) is 9.88 Å². The van der Waals surface area contributed by atoms with Gasteiger partial charge in [-0.3, -0.25) is 4.79 Å². The van der Waals surface area contributed by atoms with Crippen molar-refractivity contribution in [2.24, 2.45) is 11.1 Å². The average Bonchev–Trinajstić information content (AvgIpc) is 2.57. The normalized spacial score (nSPS) is 25.6. The predicted octanol–water partition coefficient (Wildman–Crippen LogP) is -0.794. The molecule has 0 saturated carbocycles. The Bertz CT molecular complexity index is 341. The van der Waals surface area contributed by atoms with E-state index in [1.807, 2.05) is 6.92 Å². The third kappa shape index (κ3) is 4.46. The third-order valence-electron chi connectivity index (χ3n) is 2.62. The zero-order valence-corrected chi connectivity index (χ0v) is 10.1. The van der Waals surface area contributed by atoms with E-state index in [-0.39, 0.29) is 23.7 Å². The van der Waals surface area contributed by atoms with Gasteiger partial charge in [-0.05, 0) is 19.8 Å². The van der Waals surface area contributed by atoms with Crippen molar-refractivity contribution in [3.63, 3.8) is 0 Å². The van der Waals surface area contributed by atoms with Crippen LogP contribution in [0.5, 0.6) is 0 Å². The van der Waals surface area contributed by atoms with E-state index in [0.717, 1.165) is 6.42 Å². The number of ether oxygens (including phenoxy) is 1. The topological polar surface area (TPSA) is 98.5 Å². The second kappa shape index (κ2) is 5.60. The first-order valence-electron chi connectivity index (χ1n) is 5.30. The van der Waals surface area contributed by atoms with E-state index in [1.54, 1.807) is 0 Å². The molecule has 94 valence electrons. The molecule has 0 spiro atoms. The summed E-state index contributed by atoms with van der Waals surface area (Å²) in [6.07, 6.45) is 1.01. The van der Waals surface area contributed by atoms with Crippen molar-refractivity contribution in [2.75, 3.05) is 18.9 Å². The van der Waals surface area contributed by atoms with Gasteiger partial charge in [0.1, 0.15) is 0 Å². The van der Waals surface area contributed by atoms with Crippen LogP contribution in [0.15, 0.2) is 0 Å². The number of hydrogen-bond acceptors (Lipinski definition) is 4. The summed E-state index contributed by atoms with van der Waals surface area (Å²) in [5, 5.41) is 7.52. The minimum absolute atomic E-state index is 0.0572. The molecule has 1 aliphatic heterocycles. The number of carbonyl (C=O) groups excluding carboxylic acids is 1. The molecule has 1 fully saturated rings. The second-order valence-electron chi connectivity index (χ2n) is 3.98. The standard InChI is InChI=1S/C9H18N2O4S/c1-7-8(3-5-15-7)9(12)11-4-2-6-16(10,13)14/h7-8H,2-6H2,1H3,(H,11,12)(H2,10,13,14). The fourth-order valence-corrected chi connectivity index (χ4v) is 2.24. The molecule has 1 heterocycles. The van der Waals surface area contributed by atoms with E-state index in [2.05, 4.69) is 5.32 Å². The predicted molar refractivity (Wildman–Crippen MR) is 59.1 cm³/mol. The minimum atomic E-state index is -3.43. The van der Waals surface area contributed by atoms with Crippen LogP contribution in [0.3, 0.4) is 0 Å². The maximum atomic E-state index is 11.6. The van der Waals surface area contributed by atoms with Crippen LogP contribution >= 0.6 is 0 Å². The van der Waals surface area contributed by atoms with E-state index in [1.165, 1.54) is 0 Å². The molecular weight excluding hydrogens is 232 g/mol.